The van der Waals surface area contributed by atoms with Crippen molar-refractivity contribution in [3.05, 3.63) is 65.7 Å². The smallest absolute Gasteiger partial charge is 0.158 e. The molecule has 134 valence electrons. The van der Waals surface area contributed by atoms with Crippen LogP contribution in [0, 0.1) is 13.8 Å². The molecular weight excluding hydrogens is 324 g/mol. The predicted octanol–water partition coefficient (Wildman–Crippen LogP) is 2.60. The lowest BCUT2D eigenvalue weighted by Gasteiger charge is -2.35. The number of aryl methyl sites for hydroxylation is 2. The molecule has 3 aromatic rings. The molecule has 0 atom stereocenters. The van der Waals surface area contributed by atoms with Crippen molar-refractivity contribution in [1.29, 1.82) is 0 Å². The second kappa shape index (κ2) is 7.25. The molecule has 1 aliphatic rings. The van der Waals surface area contributed by atoms with Crippen LogP contribution < -0.4 is 4.90 Å². The van der Waals surface area contributed by atoms with Gasteiger partial charge in [0.2, 0.25) is 0 Å². The summed E-state index contributed by atoms with van der Waals surface area (Å²) in [6.07, 6.45) is 3.56. The van der Waals surface area contributed by atoms with Crippen LogP contribution in [0.5, 0.6) is 0 Å². The highest BCUT2D eigenvalue weighted by Crippen LogP contribution is 2.18. The van der Waals surface area contributed by atoms with Crippen molar-refractivity contribution < 1.29 is 0 Å². The zero-order valence-corrected chi connectivity index (χ0v) is 15.3. The van der Waals surface area contributed by atoms with E-state index in [0.717, 1.165) is 50.1 Å². The highest BCUT2D eigenvalue weighted by atomic mass is 15.3. The van der Waals surface area contributed by atoms with E-state index < -0.39 is 0 Å². The first-order valence-electron chi connectivity index (χ1n) is 9.05. The van der Waals surface area contributed by atoms with E-state index in [1.807, 2.05) is 25.3 Å². The van der Waals surface area contributed by atoms with Crippen LogP contribution in [0.1, 0.15) is 16.8 Å². The summed E-state index contributed by atoms with van der Waals surface area (Å²) >= 11 is 0. The van der Waals surface area contributed by atoms with Crippen LogP contribution in [0.2, 0.25) is 0 Å². The Kier molecular flexibility index (Phi) is 4.67. The first kappa shape index (κ1) is 16.7. The summed E-state index contributed by atoms with van der Waals surface area (Å²) in [5.41, 5.74) is 3.76. The minimum atomic E-state index is 0.811. The van der Waals surface area contributed by atoms with Crippen molar-refractivity contribution in [2.75, 3.05) is 31.1 Å². The monoisotopic (exact) mass is 348 g/mol. The summed E-state index contributed by atoms with van der Waals surface area (Å²) in [6, 6.07) is 12.6. The van der Waals surface area contributed by atoms with Gasteiger partial charge in [0.1, 0.15) is 12.1 Å². The van der Waals surface area contributed by atoms with Crippen LogP contribution in [0.25, 0.3) is 5.82 Å². The zero-order chi connectivity index (χ0) is 17.9. The number of rotatable bonds is 4. The Morgan fingerprint density at radius 3 is 2.42 bits per heavy atom. The fourth-order valence-electron chi connectivity index (χ4n) is 3.34. The minimum Gasteiger partial charge on any atom is -0.354 e. The third-order valence-corrected chi connectivity index (χ3v) is 4.95. The molecule has 0 amide bonds. The Morgan fingerprint density at radius 2 is 1.69 bits per heavy atom. The Hall–Kier alpha value is -2.73. The average Bonchev–Trinajstić information content (AvgIpc) is 3.11. The average molecular weight is 348 g/mol. The molecule has 3 heterocycles. The van der Waals surface area contributed by atoms with Crippen LogP contribution in [0.4, 0.5) is 5.82 Å². The van der Waals surface area contributed by atoms with Gasteiger partial charge >= 0.3 is 0 Å². The lowest BCUT2D eigenvalue weighted by atomic mass is 10.1. The third-order valence-electron chi connectivity index (χ3n) is 4.95. The zero-order valence-electron chi connectivity index (χ0n) is 15.3. The van der Waals surface area contributed by atoms with Crippen molar-refractivity contribution >= 4 is 5.82 Å². The first-order chi connectivity index (χ1) is 12.7. The van der Waals surface area contributed by atoms with E-state index in [2.05, 4.69) is 56.1 Å². The molecule has 1 aromatic carbocycles. The maximum Gasteiger partial charge on any atom is 0.158 e. The summed E-state index contributed by atoms with van der Waals surface area (Å²) in [6.45, 7) is 9.20. The molecule has 0 aliphatic carbocycles. The maximum atomic E-state index is 4.47. The molecule has 1 aliphatic heterocycles. The molecule has 6 heteroatoms. The summed E-state index contributed by atoms with van der Waals surface area (Å²) in [7, 11) is 0. The number of nitrogens with zero attached hydrogens (tertiary/aromatic N) is 6. The van der Waals surface area contributed by atoms with Gasteiger partial charge in [0.25, 0.3) is 0 Å². The Labute approximate surface area is 154 Å². The first-order valence-corrected chi connectivity index (χ1v) is 9.05. The van der Waals surface area contributed by atoms with E-state index in [4.69, 9.17) is 0 Å². The van der Waals surface area contributed by atoms with Crippen LogP contribution in [-0.4, -0.2) is 50.8 Å². The van der Waals surface area contributed by atoms with Crippen LogP contribution in [0.3, 0.4) is 0 Å². The molecular formula is C20H24N6. The van der Waals surface area contributed by atoms with Gasteiger partial charge in [-0.25, -0.2) is 14.6 Å². The van der Waals surface area contributed by atoms with Crippen LogP contribution in [0.15, 0.2) is 48.9 Å². The number of hydrogen-bond donors (Lipinski definition) is 0. The largest absolute Gasteiger partial charge is 0.354 e. The van der Waals surface area contributed by atoms with Crippen LogP contribution in [-0.2, 0) is 6.54 Å². The van der Waals surface area contributed by atoms with Gasteiger partial charge in [-0.3, -0.25) is 4.90 Å². The lowest BCUT2D eigenvalue weighted by molar-refractivity contribution is 0.249. The molecule has 1 saturated heterocycles. The lowest BCUT2D eigenvalue weighted by Crippen LogP contribution is -2.46. The molecule has 0 N–H and O–H groups in total. The van der Waals surface area contributed by atoms with E-state index in [1.54, 1.807) is 11.0 Å². The quantitative estimate of drug-likeness (QED) is 0.725. The number of aromatic nitrogens is 4. The topological polar surface area (TPSA) is 50.1 Å². The van der Waals surface area contributed by atoms with Gasteiger partial charge in [-0.15, -0.1) is 0 Å². The van der Waals surface area contributed by atoms with Crippen molar-refractivity contribution in [2.24, 2.45) is 0 Å². The fraction of sp³-hybridized carbons (Fsp3) is 0.350. The molecule has 6 nitrogen and oxygen atoms in total. The molecule has 0 radical (unpaired) electrons. The molecule has 26 heavy (non-hydrogen) atoms. The number of piperazine rings is 1. The van der Waals surface area contributed by atoms with Crippen molar-refractivity contribution in [3.63, 3.8) is 0 Å². The number of anilines is 1. The van der Waals surface area contributed by atoms with E-state index in [-0.39, 0.29) is 0 Å². The maximum absolute atomic E-state index is 4.47. The standard InChI is InChI=1S/C20H24N6/c1-16-5-3-4-6-18(16)14-24-9-11-25(12-10-24)19-13-20(22-15-21-19)26-8-7-17(2)23-26/h3-8,13,15H,9-12,14H2,1-2H3. The van der Waals surface area contributed by atoms with Gasteiger partial charge in [0.15, 0.2) is 5.82 Å². The van der Waals surface area contributed by atoms with E-state index >= 15 is 0 Å². The van der Waals surface area contributed by atoms with Gasteiger partial charge in [0, 0.05) is 45.0 Å². The van der Waals surface area contributed by atoms with Crippen LogP contribution >= 0.6 is 0 Å². The highest BCUT2D eigenvalue weighted by Gasteiger charge is 2.19. The minimum absolute atomic E-state index is 0.811. The van der Waals surface area contributed by atoms with Gasteiger partial charge in [-0.05, 0) is 31.0 Å². The molecule has 1 fully saturated rings. The molecule has 2 aromatic heterocycles. The molecule has 0 unspecified atom stereocenters. The second-order valence-electron chi connectivity index (χ2n) is 6.83. The van der Waals surface area contributed by atoms with E-state index in [0.29, 0.717) is 0 Å². The Bertz CT molecular complexity index is 879. The van der Waals surface area contributed by atoms with Crippen molar-refractivity contribution in [2.45, 2.75) is 20.4 Å². The third kappa shape index (κ3) is 3.60. The van der Waals surface area contributed by atoms with Gasteiger partial charge in [-0.2, -0.15) is 5.10 Å². The number of hydrogen-bond acceptors (Lipinski definition) is 5. The van der Waals surface area contributed by atoms with Gasteiger partial charge < -0.3 is 4.90 Å². The van der Waals surface area contributed by atoms with Gasteiger partial charge in [-0.1, -0.05) is 24.3 Å². The van der Waals surface area contributed by atoms with Gasteiger partial charge in [0.05, 0.1) is 5.69 Å². The molecule has 0 spiro atoms. The summed E-state index contributed by atoms with van der Waals surface area (Å²) in [5, 5.41) is 4.43. The van der Waals surface area contributed by atoms with E-state index in [9.17, 15) is 0 Å². The normalized spacial score (nSPS) is 15.4. The Morgan fingerprint density at radius 1 is 0.923 bits per heavy atom. The summed E-state index contributed by atoms with van der Waals surface area (Å²) in [5.74, 6) is 1.78. The molecule has 4 rings (SSSR count). The molecule has 0 saturated carbocycles. The highest BCUT2D eigenvalue weighted by molar-refractivity contribution is 5.43. The second-order valence-corrected chi connectivity index (χ2v) is 6.83. The molecule has 0 bridgehead atoms. The fourth-order valence-corrected chi connectivity index (χ4v) is 3.34. The summed E-state index contributed by atoms with van der Waals surface area (Å²) < 4.78 is 1.80. The number of benzene rings is 1. The predicted molar refractivity (Wildman–Crippen MR) is 103 cm³/mol. The Balaban J connectivity index is 1.41. The van der Waals surface area contributed by atoms with Crippen molar-refractivity contribution in [1.82, 2.24) is 24.6 Å². The summed E-state index contributed by atoms with van der Waals surface area (Å²) in [4.78, 5) is 13.7. The van der Waals surface area contributed by atoms with Crippen molar-refractivity contribution in [3.8, 4) is 5.82 Å². The van der Waals surface area contributed by atoms with E-state index in [1.165, 1.54) is 11.1 Å². The SMILES string of the molecule is Cc1ccn(-c2cc(N3CCN(Cc4ccccc4C)CC3)ncn2)n1.